The molecule has 1 fully saturated rings. The van der Waals surface area contributed by atoms with E-state index in [1.54, 1.807) is 12.1 Å². The maximum absolute atomic E-state index is 12.0. The van der Waals surface area contributed by atoms with Crippen LogP contribution in [0.1, 0.15) is 6.42 Å². The van der Waals surface area contributed by atoms with Crippen LogP contribution in [-0.2, 0) is 10.0 Å². The molecule has 1 heterocycles. The molecule has 0 radical (unpaired) electrons. The number of nitrogen functional groups attached to an aromatic ring is 1. The predicted molar refractivity (Wildman–Crippen MR) is 85.8 cm³/mol. The third-order valence-corrected chi connectivity index (χ3v) is 5.68. The predicted octanol–water partition coefficient (Wildman–Crippen LogP) is 0.883. The van der Waals surface area contributed by atoms with E-state index in [2.05, 4.69) is 17.3 Å². The molecule has 1 aliphatic rings. The molecule has 21 heavy (non-hydrogen) atoms. The first-order valence-corrected chi connectivity index (χ1v) is 8.49. The highest BCUT2D eigenvalue weighted by Crippen LogP contribution is 2.25. The highest BCUT2D eigenvalue weighted by molar-refractivity contribution is 7.89. The van der Waals surface area contributed by atoms with Crippen molar-refractivity contribution >= 4 is 21.4 Å². The molecular weight excluding hydrogens is 288 g/mol. The Labute approximate surface area is 127 Å². The first-order chi connectivity index (χ1) is 9.80. The molecular formula is C14H24N4O2S. The van der Waals surface area contributed by atoms with Gasteiger partial charge in [-0.05, 0) is 44.1 Å². The summed E-state index contributed by atoms with van der Waals surface area (Å²) >= 11 is 0. The molecule has 1 aromatic rings. The zero-order valence-corrected chi connectivity index (χ0v) is 13.7. The van der Waals surface area contributed by atoms with Gasteiger partial charge in [0.2, 0.25) is 10.0 Å². The van der Waals surface area contributed by atoms with Crippen LogP contribution in [0.2, 0.25) is 0 Å². The average Bonchev–Trinajstić information content (AvgIpc) is 2.82. The molecule has 118 valence electrons. The molecule has 1 aromatic carbocycles. The van der Waals surface area contributed by atoms with Gasteiger partial charge in [0.15, 0.2) is 0 Å². The van der Waals surface area contributed by atoms with Crippen LogP contribution in [-0.4, -0.2) is 58.4 Å². The van der Waals surface area contributed by atoms with Crippen LogP contribution in [0.3, 0.4) is 0 Å². The van der Waals surface area contributed by atoms with E-state index in [0.29, 0.717) is 11.6 Å². The van der Waals surface area contributed by atoms with Gasteiger partial charge in [-0.15, -0.1) is 0 Å². The molecule has 2 rings (SSSR count). The lowest BCUT2D eigenvalue weighted by molar-refractivity contribution is 0.399. The van der Waals surface area contributed by atoms with Crippen LogP contribution < -0.4 is 11.1 Å². The molecule has 0 bridgehead atoms. The van der Waals surface area contributed by atoms with Gasteiger partial charge in [0, 0.05) is 27.2 Å². The van der Waals surface area contributed by atoms with Gasteiger partial charge < -0.3 is 16.0 Å². The molecule has 0 saturated carbocycles. The second-order valence-electron chi connectivity index (χ2n) is 5.83. The maximum atomic E-state index is 12.0. The fraction of sp³-hybridized carbons (Fsp3) is 0.571. The summed E-state index contributed by atoms with van der Waals surface area (Å²) in [7, 11) is 1.70. The molecule has 7 heteroatoms. The average molecular weight is 312 g/mol. The van der Waals surface area contributed by atoms with Gasteiger partial charge >= 0.3 is 0 Å². The number of rotatable bonds is 5. The zero-order valence-electron chi connectivity index (χ0n) is 12.8. The fourth-order valence-electron chi connectivity index (χ4n) is 2.52. The zero-order chi connectivity index (χ0) is 15.6. The molecule has 3 N–H and O–H groups in total. The molecule has 0 aromatic heterocycles. The lowest BCUT2D eigenvalue weighted by atomic mass is 10.1. The highest BCUT2D eigenvalue weighted by atomic mass is 32.2. The van der Waals surface area contributed by atoms with Crippen molar-refractivity contribution in [2.75, 3.05) is 51.8 Å². The number of nitrogens with one attached hydrogen (secondary N) is 1. The minimum Gasteiger partial charge on any atom is -0.397 e. The van der Waals surface area contributed by atoms with E-state index >= 15 is 0 Å². The largest absolute Gasteiger partial charge is 0.397 e. The second-order valence-corrected chi connectivity index (χ2v) is 7.99. The number of hydrogen-bond donors (Lipinski definition) is 2. The topological polar surface area (TPSA) is 78.7 Å². The van der Waals surface area contributed by atoms with Crippen LogP contribution in [0.25, 0.3) is 0 Å². The van der Waals surface area contributed by atoms with Crippen molar-refractivity contribution in [3.05, 3.63) is 18.2 Å². The van der Waals surface area contributed by atoms with E-state index in [0.717, 1.165) is 25.3 Å². The van der Waals surface area contributed by atoms with Crippen LogP contribution >= 0.6 is 0 Å². The van der Waals surface area contributed by atoms with E-state index < -0.39 is 10.0 Å². The number of benzene rings is 1. The lowest BCUT2D eigenvalue weighted by Crippen LogP contribution is -2.22. The van der Waals surface area contributed by atoms with Crippen LogP contribution in [0, 0.1) is 5.92 Å². The minimum atomic E-state index is -3.44. The Hall–Kier alpha value is -1.31. The molecule has 1 unspecified atom stereocenters. The Kier molecular flexibility index (Phi) is 4.75. The summed E-state index contributed by atoms with van der Waals surface area (Å²) in [6.45, 7) is 3.07. The van der Waals surface area contributed by atoms with E-state index in [1.807, 2.05) is 0 Å². The fourth-order valence-corrected chi connectivity index (χ4v) is 3.46. The lowest BCUT2D eigenvalue weighted by Gasteiger charge is -2.16. The van der Waals surface area contributed by atoms with Crippen molar-refractivity contribution in [3.8, 4) is 0 Å². The summed E-state index contributed by atoms with van der Waals surface area (Å²) in [5.74, 6) is 0.611. The third-order valence-electron chi connectivity index (χ3n) is 3.87. The molecule has 0 amide bonds. The van der Waals surface area contributed by atoms with Crippen molar-refractivity contribution in [1.29, 1.82) is 0 Å². The molecule has 1 aliphatic heterocycles. The van der Waals surface area contributed by atoms with Crippen molar-refractivity contribution in [3.63, 3.8) is 0 Å². The van der Waals surface area contributed by atoms with Crippen LogP contribution in [0.15, 0.2) is 23.1 Å². The molecule has 0 aliphatic carbocycles. The number of likely N-dealkylation sites (tertiary alicyclic amines) is 1. The Morgan fingerprint density at radius 1 is 1.43 bits per heavy atom. The monoisotopic (exact) mass is 312 g/mol. The normalized spacial score (nSPS) is 20.1. The van der Waals surface area contributed by atoms with Gasteiger partial charge in [-0.2, -0.15) is 0 Å². The van der Waals surface area contributed by atoms with Gasteiger partial charge in [-0.1, -0.05) is 0 Å². The van der Waals surface area contributed by atoms with E-state index in [4.69, 9.17) is 5.73 Å². The quantitative estimate of drug-likeness (QED) is 0.789. The first-order valence-electron chi connectivity index (χ1n) is 7.05. The van der Waals surface area contributed by atoms with Gasteiger partial charge in [-0.3, -0.25) is 0 Å². The van der Waals surface area contributed by atoms with E-state index in [9.17, 15) is 8.42 Å². The van der Waals surface area contributed by atoms with Gasteiger partial charge in [0.25, 0.3) is 0 Å². The summed E-state index contributed by atoms with van der Waals surface area (Å²) < 4.78 is 25.3. The highest BCUT2D eigenvalue weighted by Gasteiger charge is 2.20. The number of nitrogens with zero attached hydrogens (tertiary/aromatic N) is 2. The Bertz CT molecular complexity index is 601. The second kappa shape index (κ2) is 6.21. The van der Waals surface area contributed by atoms with E-state index in [1.165, 1.54) is 30.9 Å². The number of sulfonamides is 1. The Balaban J connectivity index is 2.06. The van der Waals surface area contributed by atoms with Gasteiger partial charge in [0.05, 0.1) is 16.3 Å². The van der Waals surface area contributed by atoms with Crippen molar-refractivity contribution < 1.29 is 8.42 Å². The molecule has 6 nitrogen and oxygen atoms in total. The van der Waals surface area contributed by atoms with Gasteiger partial charge in [-0.25, -0.2) is 12.7 Å². The van der Waals surface area contributed by atoms with Crippen molar-refractivity contribution in [2.45, 2.75) is 11.3 Å². The molecule has 1 saturated heterocycles. The number of hydrogen-bond acceptors (Lipinski definition) is 5. The summed E-state index contributed by atoms with van der Waals surface area (Å²) in [6.07, 6.45) is 1.18. The minimum absolute atomic E-state index is 0.219. The third kappa shape index (κ3) is 3.66. The van der Waals surface area contributed by atoms with Crippen LogP contribution in [0.5, 0.6) is 0 Å². The Morgan fingerprint density at radius 3 is 2.67 bits per heavy atom. The summed E-state index contributed by atoms with van der Waals surface area (Å²) in [5, 5.41) is 3.32. The molecule has 1 atom stereocenters. The van der Waals surface area contributed by atoms with Crippen molar-refractivity contribution in [1.82, 2.24) is 9.21 Å². The summed E-state index contributed by atoms with van der Waals surface area (Å²) in [6, 6.07) is 4.84. The van der Waals surface area contributed by atoms with Crippen molar-refractivity contribution in [2.24, 2.45) is 5.92 Å². The summed E-state index contributed by atoms with van der Waals surface area (Å²) in [4.78, 5) is 2.53. The summed E-state index contributed by atoms with van der Waals surface area (Å²) in [5.41, 5.74) is 7.23. The standard InChI is InChI=1S/C14H24N4O2S/c1-17(2)21(19,20)12-4-5-14(13(15)8-12)16-9-11-6-7-18(3)10-11/h4-5,8,11,16H,6-7,9-10,15H2,1-3H3. The van der Waals surface area contributed by atoms with Crippen LogP contribution in [0.4, 0.5) is 11.4 Å². The first kappa shape index (κ1) is 16.1. The Morgan fingerprint density at radius 2 is 2.14 bits per heavy atom. The smallest absolute Gasteiger partial charge is 0.242 e. The number of anilines is 2. The number of nitrogens with two attached hydrogens (primary N) is 1. The molecule has 0 spiro atoms. The van der Waals surface area contributed by atoms with E-state index in [-0.39, 0.29) is 4.90 Å². The van der Waals surface area contributed by atoms with Gasteiger partial charge in [0.1, 0.15) is 0 Å². The SMILES string of the molecule is CN1CCC(CNc2ccc(S(=O)(=O)N(C)C)cc2N)C1. The maximum Gasteiger partial charge on any atom is 0.242 e.